The average molecular weight is 552 g/mol. The minimum Gasteiger partial charge on any atom is -0.496 e. The first kappa shape index (κ1) is 27.1. The Morgan fingerprint density at radius 2 is 1.73 bits per heavy atom. The highest BCUT2D eigenvalue weighted by molar-refractivity contribution is 6.34. The summed E-state index contributed by atoms with van der Waals surface area (Å²) in [5, 5.41) is 0.847. The van der Waals surface area contributed by atoms with Crippen molar-refractivity contribution in [3.05, 3.63) is 86.9 Å². The Kier molecular flexibility index (Phi) is 7.95. The molecule has 4 rings (SSSR count). The van der Waals surface area contributed by atoms with Gasteiger partial charge in [0.15, 0.2) is 0 Å². The number of hydrogen-bond donors (Lipinski definition) is 0. The second-order valence-corrected chi connectivity index (χ2v) is 10.1. The van der Waals surface area contributed by atoms with Crippen LogP contribution in [0, 0.1) is 0 Å². The van der Waals surface area contributed by atoms with Crippen molar-refractivity contribution in [3.63, 3.8) is 0 Å². The Balaban J connectivity index is 1.68. The quantitative estimate of drug-likeness (QED) is 0.307. The maximum Gasteiger partial charge on any atom is 0.416 e. The van der Waals surface area contributed by atoms with Crippen LogP contribution >= 0.6 is 23.2 Å². The van der Waals surface area contributed by atoms with Gasteiger partial charge >= 0.3 is 12.3 Å². The maximum atomic E-state index is 13.6. The van der Waals surface area contributed by atoms with Crippen molar-refractivity contribution in [2.75, 3.05) is 13.7 Å². The van der Waals surface area contributed by atoms with Crippen molar-refractivity contribution in [2.24, 2.45) is 0 Å². The minimum absolute atomic E-state index is 0.0594. The van der Waals surface area contributed by atoms with Crippen molar-refractivity contribution in [1.82, 2.24) is 4.90 Å². The van der Waals surface area contributed by atoms with Gasteiger partial charge in [0.05, 0.1) is 12.7 Å². The van der Waals surface area contributed by atoms with Gasteiger partial charge in [0, 0.05) is 35.1 Å². The molecule has 1 aliphatic rings. The van der Waals surface area contributed by atoms with E-state index in [1.165, 1.54) is 18.1 Å². The first-order chi connectivity index (χ1) is 17.5. The summed E-state index contributed by atoms with van der Waals surface area (Å²) in [5.41, 5.74) is 2.46. The van der Waals surface area contributed by atoms with E-state index in [1.54, 1.807) is 18.2 Å². The molecule has 0 spiro atoms. The lowest BCUT2D eigenvalue weighted by molar-refractivity contribution is -0.137. The maximum absolute atomic E-state index is 13.6. The van der Waals surface area contributed by atoms with Crippen LogP contribution in [-0.4, -0.2) is 24.6 Å². The van der Waals surface area contributed by atoms with E-state index in [0.717, 1.165) is 17.7 Å². The van der Waals surface area contributed by atoms with Gasteiger partial charge in [0.2, 0.25) is 0 Å². The molecule has 0 bridgehead atoms. The number of methoxy groups -OCH3 is 1. The molecule has 0 aliphatic carbocycles. The summed E-state index contributed by atoms with van der Waals surface area (Å²) in [6, 6.07) is 14.2. The fraction of sp³-hybridized carbons (Fsp3) is 0.321. The highest BCUT2D eigenvalue weighted by atomic mass is 35.5. The molecule has 0 radical (unpaired) electrons. The molecular weight excluding hydrogens is 526 g/mol. The Morgan fingerprint density at radius 1 is 1.03 bits per heavy atom. The van der Waals surface area contributed by atoms with Gasteiger partial charge in [-0.3, -0.25) is 0 Å². The van der Waals surface area contributed by atoms with Crippen LogP contribution in [0.3, 0.4) is 0 Å². The molecule has 1 heterocycles. The molecule has 1 amide bonds. The number of halogens is 5. The van der Waals surface area contributed by atoms with Crippen molar-refractivity contribution in [3.8, 4) is 16.9 Å². The van der Waals surface area contributed by atoms with E-state index in [2.05, 4.69) is 0 Å². The van der Waals surface area contributed by atoms with Gasteiger partial charge < -0.3 is 14.4 Å². The number of carbonyl (C=O) groups is 1. The molecule has 1 aliphatic heterocycles. The van der Waals surface area contributed by atoms with Crippen LogP contribution in [0.4, 0.5) is 18.0 Å². The fourth-order valence-electron chi connectivity index (χ4n) is 4.42. The molecule has 0 aromatic heterocycles. The van der Waals surface area contributed by atoms with E-state index in [9.17, 15) is 18.0 Å². The van der Waals surface area contributed by atoms with Crippen LogP contribution in [0.15, 0.2) is 54.6 Å². The number of benzene rings is 3. The lowest BCUT2D eigenvalue weighted by atomic mass is 9.92. The standard InChI is InChI=1S/C28H26Cl2F3NO3/c1-16(2)17-4-7-26(36-3)24(13-17)23-6-5-20(28(31,32)33)10-19(23)15-34-9-8-25(37-27(34)35)18-11-21(29)14-22(30)12-18/h4-7,10-14,16,25H,8-9,15H2,1-3H3/t25-/m0/s1. The number of alkyl halides is 3. The third-order valence-corrected chi connectivity index (χ3v) is 6.83. The molecule has 1 fully saturated rings. The largest absolute Gasteiger partial charge is 0.496 e. The van der Waals surface area contributed by atoms with E-state index in [0.29, 0.717) is 44.5 Å². The van der Waals surface area contributed by atoms with E-state index < -0.39 is 23.9 Å². The van der Waals surface area contributed by atoms with Crippen molar-refractivity contribution in [2.45, 2.75) is 45.0 Å². The molecule has 9 heteroatoms. The fourth-order valence-corrected chi connectivity index (χ4v) is 4.97. The number of ether oxygens (including phenoxy) is 2. The zero-order valence-electron chi connectivity index (χ0n) is 20.5. The third kappa shape index (κ3) is 6.16. The molecule has 1 saturated heterocycles. The summed E-state index contributed by atoms with van der Waals surface area (Å²) in [5.74, 6) is 0.737. The van der Waals surface area contributed by atoms with Crippen LogP contribution in [0.25, 0.3) is 11.1 Å². The summed E-state index contributed by atoms with van der Waals surface area (Å²) >= 11 is 12.2. The lowest BCUT2D eigenvalue weighted by Crippen LogP contribution is -2.38. The molecule has 37 heavy (non-hydrogen) atoms. The summed E-state index contributed by atoms with van der Waals surface area (Å²) in [4.78, 5) is 14.3. The van der Waals surface area contributed by atoms with Crippen LogP contribution in [0.5, 0.6) is 5.75 Å². The van der Waals surface area contributed by atoms with Crippen LogP contribution < -0.4 is 4.74 Å². The number of rotatable bonds is 6. The van der Waals surface area contributed by atoms with E-state index in [1.807, 2.05) is 32.0 Å². The van der Waals surface area contributed by atoms with Crippen molar-refractivity contribution < 1.29 is 27.4 Å². The first-order valence-electron chi connectivity index (χ1n) is 11.8. The number of carbonyl (C=O) groups excluding carboxylic acids is 1. The predicted octanol–water partition coefficient (Wildman–Crippen LogP) is 8.89. The second kappa shape index (κ2) is 10.8. The van der Waals surface area contributed by atoms with Gasteiger partial charge in [-0.05, 0) is 70.6 Å². The SMILES string of the molecule is COc1ccc(C(C)C)cc1-c1ccc(C(F)(F)F)cc1CN1CC[C@@H](c2cc(Cl)cc(Cl)c2)OC1=O. The summed E-state index contributed by atoms with van der Waals surface area (Å²) in [7, 11) is 1.52. The number of hydrogen-bond acceptors (Lipinski definition) is 3. The van der Waals surface area contributed by atoms with Gasteiger partial charge in [-0.25, -0.2) is 4.79 Å². The molecule has 3 aromatic carbocycles. The predicted molar refractivity (Wildman–Crippen MR) is 138 cm³/mol. The van der Waals surface area contributed by atoms with Crippen molar-refractivity contribution in [1.29, 1.82) is 0 Å². The summed E-state index contributed by atoms with van der Waals surface area (Å²) in [6.45, 7) is 4.29. The second-order valence-electron chi connectivity index (χ2n) is 9.27. The molecule has 1 atom stereocenters. The average Bonchev–Trinajstić information content (AvgIpc) is 2.83. The lowest BCUT2D eigenvalue weighted by Gasteiger charge is -2.33. The number of nitrogens with zero attached hydrogens (tertiary/aromatic N) is 1. The molecule has 0 saturated carbocycles. The summed E-state index contributed by atoms with van der Waals surface area (Å²) < 4.78 is 52.0. The summed E-state index contributed by atoms with van der Waals surface area (Å²) in [6.07, 6.45) is -5.28. The van der Waals surface area contributed by atoms with Gasteiger partial charge in [-0.15, -0.1) is 0 Å². The normalized spacial score (nSPS) is 16.2. The van der Waals surface area contributed by atoms with Crippen LogP contribution in [0.1, 0.15) is 54.5 Å². The smallest absolute Gasteiger partial charge is 0.416 e. The molecule has 4 nitrogen and oxygen atoms in total. The minimum atomic E-state index is -4.53. The Bertz CT molecular complexity index is 1290. The van der Waals surface area contributed by atoms with Gasteiger partial charge in [-0.2, -0.15) is 13.2 Å². The zero-order chi connectivity index (χ0) is 26.9. The van der Waals surface area contributed by atoms with Gasteiger partial charge in [0.1, 0.15) is 11.9 Å². The number of amides is 1. The first-order valence-corrected chi connectivity index (χ1v) is 12.5. The van der Waals surface area contributed by atoms with E-state index in [-0.39, 0.29) is 19.0 Å². The molecular formula is C28H26Cl2F3NO3. The Morgan fingerprint density at radius 3 is 2.32 bits per heavy atom. The van der Waals surface area contributed by atoms with E-state index in [4.69, 9.17) is 32.7 Å². The molecule has 0 N–H and O–H groups in total. The Hall–Kier alpha value is -2.90. The Labute approximate surface area is 223 Å². The van der Waals surface area contributed by atoms with E-state index >= 15 is 0 Å². The monoisotopic (exact) mass is 551 g/mol. The zero-order valence-corrected chi connectivity index (χ0v) is 22.0. The van der Waals surface area contributed by atoms with Crippen LogP contribution in [0.2, 0.25) is 10.0 Å². The van der Waals surface area contributed by atoms with Crippen molar-refractivity contribution >= 4 is 29.3 Å². The molecule has 3 aromatic rings. The van der Waals surface area contributed by atoms with Gasteiger partial charge in [-0.1, -0.05) is 49.2 Å². The highest BCUT2D eigenvalue weighted by Crippen LogP contribution is 2.39. The molecule has 0 unspecified atom stereocenters. The molecule has 196 valence electrons. The third-order valence-electron chi connectivity index (χ3n) is 6.39. The van der Waals surface area contributed by atoms with Gasteiger partial charge in [0.25, 0.3) is 0 Å². The highest BCUT2D eigenvalue weighted by Gasteiger charge is 2.33. The van der Waals surface area contributed by atoms with Crippen LogP contribution in [-0.2, 0) is 17.5 Å². The number of cyclic esters (lactones) is 1. The topological polar surface area (TPSA) is 38.8 Å².